The van der Waals surface area contributed by atoms with Crippen molar-refractivity contribution in [2.75, 3.05) is 20.3 Å². The van der Waals surface area contributed by atoms with E-state index in [0.29, 0.717) is 0 Å². The lowest BCUT2D eigenvalue weighted by molar-refractivity contribution is -0.388. The van der Waals surface area contributed by atoms with Crippen LogP contribution in [0.5, 0.6) is 0 Å². The first kappa shape index (κ1) is 55.4. The molecule has 2 fully saturated rings. The standard InChI is InChI=1S/C62H52O18/c1-70-60-52(77-58(68)45-33-19-7-20-34-45)51(76-57(67)44-31-17-6-18-32-44)49(48(74-60)38-71-53(63)40-23-9-2-10-24-40)78-61-50(75-56(66)43-29-15-5-16-30-43)47(73-55(65)42-27-13-4-14-28-42)37-62(80-61,79-59(69)46-35-21-8-22-36-46)39-72-54(64)41-25-11-3-12-26-41/h2-36,47-52,60-61H,37-39H2,1H3. The molecule has 0 aromatic heterocycles. The van der Waals surface area contributed by atoms with Gasteiger partial charge in [-0.3, -0.25) is 0 Å². The molecule has 80 heavy (non-hydrogen) atoms. The van der Waals surface area contributed by atoms with Crippen LogP contribution in [0.25, 0.3) is 0 Å². The van der Waals surface area contributed by atoms with Crippen LogP contribution in [-0.2, 0) is 52.1 Å². The van der Waals surface area contributed by atoms with E-state index in [2.05, 4.69) is 0 Å². The van der Waals surface area contributed by atoms with Gasteiger partial charge in [-0.25, -0.2) is 33.6 Å². The van der Waals surface area contributed by atoms with Crippen LogP contribution in [-0.4, -0.2) is 117 Å². The SMILES string of the molecule is COC1OC(COC(=O)c2ccccc2)C(OC2OC(COC(=O)c3ccccc3)(OC(=O)c3ccccc3)CC(OC(=O)c3ccccc3)C2OC(=O)c2ccccc2)C(OC(=O)c2ccccc2)C1OC(=O)c1ccccc1. The molecule has 7 aromatic carbocycles. The molecule has 0 radical (unpaired) electrons. The molecule has 9 unspecified atom stereocenters. The Bertz CT molecular complexity index is 3210. The van der Waals surface area contributed by atoms with Crippen LogP contribution in [0.15, 0.2) is 212 Å². The number of rotatable bonds is 19. The summed E-state index contributed by atoms with van der Waals surface area (Å²) in [6.07, 6.45) is -15.0. The Kier molecular flexibility index (Phi) is 18.3. The first-order valence-electron chi connectivity index (χ1n) is 25.3. The molecule has 0 spiro atoms. The fraction of sp³-hybridized carbons (Fsp3) is 0.210. The lowest BCUT2D eigenvalue weighted by Gasteiger charge is -2.49. The molecular weight excluding hydrogens is 1030 g/mol. The highest BCUT2D eigenvalue weighted by Gasteiger charge is 2.59. The molecule has 9 atom stereocenters. The van der Waals surface area contributed by atoms with E-state index in [9.17, 15) is 33.6 Å². The van der Waals surface area contributed by atoms with Crippen LogP contribution >= 0.6 is 0 Å². The van der Waals surface area contributed by atoms with E-state index in [0.717, 1.165) is 0 Å². The van der Waals surface area contributed by atoms with Crippen molar-refractivity contribution in [1.29, 1.82) is 0 Å². The van der Waals surface area contributed by atoms with Gasteiger partial charge in [0.2, 0.25) is 6.29 Å². The molecule has 2 saturated heterocycles. The zero-order chi connectivity index (χ0) is 55.8. The lowest BCUT2D eigenvalue weighted by atomic mass is 9.96. The van der Waals surface area contributed by atoms with Gasteiger partial charge in [-0.15, -0.1) is 0 Å². The van der Waals surface area contributed by atoms with Gasteiger partial charge in [0.15, 0.2) is 37.3 Å². The summed E-state index contributed by atoms with van der Waals surface area (Å²) in [5.74, 6) is -9.03. The number of benzene rings is 7. The minimum atomic E-state index is -2.51. The van der Waals surface area contributed by atoms with Gasteiger partial charge in [0.1, 0.15) is 18.8 Å². The summed E-state index contributed by atoms with van der Waals surface area (Å²) in [7, 11) is 1.24. The highest BCUT2D eigenvalue weighted by Crippen LogP contribution is 2.40. The van der Waals surface area contributed by atoms with Gasteiger partial charge in [0, 0.05) is 7.11 Å². The molecule has 0 aliphatic carbocycles. The first-order chi connectivity index (χ1) is 39.0. The van der Waals surface area contributed by atoms with Gasteiger partial charge in [-0.2, -0.15) is 0 Å². The first-order valence-corrected chi connectivity index (χ1v) is 25.3. The molecule has 2 aliphatic heterocycles. The van der Waals surface area contributed by atoms with Crippen LogP contribution in [0.1, 0.15) is 78.9 Å². The molecule has 7 aromatic rings. The van der Waals surface area contributed by atoms with Crippen molar-refractivity contribution in [3.05, 3.63) is 251 Å². The highest BCUT2D eigenvalue weighted by atomic mass is 16.8. The molecule has 18 nitrogen and oxygen atoms in total. The smallest absolute Gasteiger partial charge is 0.340 e. The molecule has 9 rings (SSSR count). The number of methoxy groups -OCH3 is 1. The Balaban J connectivity index is 1.20. The zero-order valence-corrected chi connectivity index (χ0v) is 42.8. The zero-order valence-electron chi connectivity index (χ0n) is 42.8. The van der Waals surface area contributed by atoms with Gasteiger partial charge in [-0.1, -0.05) is 127 Å². The molecule has 408 valence electrons. The average Bonchev–Trinajstić information content (AvgIpc) is 3.61. The Morgan fingerprint density at radius 2 is 0.750 bits per heavy atom. The molecule has 0 N–H and O–H groups in total. The number of hydrogen-bond acceptors (Lipinski definition) is 18. The summed E-state index contributed by atoms with van der Waals surface area (Å²) < 4.78 is 69.0. The van der Waals surface area contributed by atoms with Crippen LogP contribution in [0.4, 0.5) is 0 Å². The molecule has 18 heteroatoms. The Hall–Kier alpha value is -9.33. The van der Waals surface area contributed by atoms with Gasteiger partial charge in [-0.05, 0) is 84.9 Å². The number of carbonyl (C=O) groups excluding carboxylic acids is 7. The molecule has 0 amide bonds. The van der Waals surface area contributed by atoms with E-state index in [-0.39, 0.29) is 38.9 Å². The largest absolute Gasteiger partial charge is 0.459 e. The summed E-state index contributed by atoms with van der Waals surface area (Å²) >= 11 is 0. The van der Waals surface area contributed by atoms with Crippen molar-refractivity contribution in [1.82, 2.24) is 0 Å². The van der Waals surface area contributed by atoms with E-state index in [1.807, 2.05) is 0 Å². The molecule has 2 heterocycles. The molecule has 0 bridgehead atoms. The Morgan fingerprint density at radius 3 is 1.16 bits per heavy atom. The van der Waals surface area contributed by atoms with E-state index in [1.165, 1.54) is 92.0 Å². The van der Waals surface area contributed by atoms with Gasteiger partial charge < -0.3 is 52.1 Å². The normalized spacial score (nSPS) is 22.3. The van der Waals surface area contributed by atoms with E-state index >= 15 is 0 Å². The second kappa shape index (κ2) is 26.3. The highest BCUT2D eigenvalue weighted by molar-refractivity contribution is 5.93. The Labute approximate surface area is 458 Å². The van der Waals surface area contributed by atoms with Gasteiger partial charge in [0.25, 0.3) is 5.79 Å². The van der Waals surface area contributed by atoms with Gasteiger partial charge >= 0.3 is 41.8 Å². The maximum Gasteiger partial charge on any atom is 0.340 e. The fourth-order valence-electron chi connectivity index (χ4n) is 8.77. The van der Waals surface area contributed by atoms with Crippen molar-refractivity contribution in [3.63, 3.8) is 0 Å². The summed E-state index contributed by atoms with van der Waals surface area (Å²) in [6.45, 7) is -1.60. The van der Waals surface area contributed by atoms with Crippen LogP contribution in [0.3, 0.4) is 0 Å². The van der Waals surface area contributed by atoms with Crippen molar-refractivity contribution in [2.24, 2.45) is 0 Å². The van der Waals surface area contributed by atoms with E-state index < -0.39 is 116 Å². The molecular formula is C62H52O18. The topological polar surface area (TPSA) is 221 Å². The fourth-order valence-corrected chi connectivity index (χ4v) is 8.77. The van der Waals surface area contributed by atoms with Crippen LogP contribution < -0.4 is 0 Å². The van der Waals surface area contributed by atoms with Crippen LogP contribution in [0, 0.1) is 0 Å². The number of carbonyl (C=O) groups is 7. The van der Waals surface area contributed by atoms with Gasteiger partial charge in [0.05, 0.1) is 45.4 Å². The second-order valence-corrected chi connectivity index (χ2v) is 18.2. The van der Waals surface area contributed by atoms with Crippen molar-refractivity contribution in [2.45, 2.75) is 61.4 Å². The minimum Gasteiger partial charge on any atom is -0.459 e. The predicted octanol–water partition coefficient (Wildman–Crippen LogP) is 8.66. The lowest BCUT2D eigenvalue weighted by Crippen LogP contribution is -2.66. The van der Waals surface area contributed by atoms with Crippen LogP contribution in [0.2, 0.25) is 0 Å². The van der Waals surface area contributed by atoms with E-state index in [1.54, 1.807) is 127 Å². The van der Waals surface area contributed by atoms with E-state index in [4.69, 9.17) is 52.1 Å². The van der Waals surface area contributed by atoms with Crippen molar-refractivity contribution >= 4 is 41.8 Å². The summed E-state index contributed by atoms with van der Waals surface area (Å²) in [6, 6.07) is 54.8. The maximum atomic E-state index is 14.5. The summed E-state index contributed by atoms with van der Waals surface area (Å²) in [5, 5.41) is 0. The number of ether oxygens (including phenoxy) is 11. The van der Waals surface area contributed by atoms with Crippen molar-refractivity contribution < 1.29 is 85.7 Å². The summed E-state index contributed by atoms with van der Waals surface area (Å²) in [5.41, 5.74) is 0.452. The summed E-state index contributed by atoms with van der Waals surface area (Å²) in [4.78, 5) is 99.4. The third-order valence-electron chi connectivity index (χ3n) is 12.7. The second-order valence-electron chi connectivity index (χ2n) is 18.2. The minimum absolute atomic E-state index is 0.0142. The quantitative estimate of drug-likeness (QED) is 0.0546. The number of hydrogen-bond donors (Lipinski definition) is 0. The third kappa shape index (κ3) is 13.9. The molecule has 2 aliphatic rings. The predicted molar refractivity (Wildman–Crippen MR) is 281 cm³/mol. The number of esters is 7. The van der Waals surface area contributed by atoms with Crippen molar-refractivity contribution in [3.8, 4) is 0 Å². The Morgan fingerprint density at radius 1 is 0.400 bits per heavy atom. The molecule has 0 saturated carbocycles. The monoisotopic (exact) mass is 1080 g/mol. The average molecular weight is 1090 g/mol. The maximum absolute atomic E-state index is 14.5. The third-order valence-corrected chi connectivity index (χ3v) is 12.7.